The Morgan fingerprint density at radius 1 is 1.05 bits per heavy atom. The topological polar surface area (TPSA) is 73.3 Å². The van der Waals surface area contributed by atoms with Gasteiger partial charge in [0, 0.05) is 18.3 Å². The molecule has 0 unspecified atom stereocenters. The van der Waals surface area contributed by atoms with Crippen LogP contribution in [0.4, 0.5) is 5.69 Å². The molecule has 2 aromatic heterocycles. The van der Waals surface area contributed by atoms with Gasteiger partial charge in [-0.1, -0.05) is 12.1 Å². The Hall–Kier alpha value is -3.02. The molecule has 0 aliphatic carbocycles. The Bertz CT molecular complexity index is 790. The summed E-state index contributed by atoms with van der Waals surface area (Å²) in [5, 5.41) is 18.7. The highest BCUT2D eigenvalue weighted by atomic mass is 16.6. The minimum Gasteiger partial charge on any atom is -0.283 e. The first kappa shape index (κ1) is 12.0. The number of benzene rings is 1. The van der Waals surface area contributed by atoms with E-state index in [9.17, 15) is 10.1 Å². The number of non-ortho nitro benzene ring substituents is 1. The van der Waals surface area contributed by atoms with Gasteiger partial charge in [0.05, 0.1) is 4.92 Å². The largest absolute Gasteiger partial charge is 0.283 e. The molecule has 0 spiro atoms. The van der Waals surface area contributed by atoms with E-state index in [1.807, 2.05) is 40.9 Å². The first-order valence-corrected chi connectivity index (χ1v) is 5.96. The molecule has 6 nitrogen and oxygen atoms in total. The summed E-state index contributed by atoms with van der Waals surface area (Å²) in [6, 6.07) is 12.0. The molecular formula is C14H10N4O2. The van der Waals surface area contributed by atoms with Gasteiger partial charge in [0.1, 0.15) is 0 Å². The molecule has 20 heavy (non-hydrogen) atoms. The van der Waals surface area contributed by atoms with Gasteiger partial charge < -0.3 is 0 Å². The van der Waals surface area contributed by atoms with Crippen LogP contribution in [-0.2, 0) is 0 Å². The van der Waals surface area contributed by atoms with Gasteiger partial charge in [0.25, 0.3) is 5.69 Å². The minimum absolute atomic E-state index is 0.0788. The van der Waals surface area contributed by atoms with E-state index in [1.165, 1.54) is 12.1 Å². The maximum absolute atomic E-state index is 10.6. The Kier molecular flexibility index (Phi) is 2.96. The van der Waals surface area contributed by atoms with E-state index in [2.05, 4.69) is 10.2 Å². The highest BCUT2D eigenvalue weighted by Gasteiger charge is 2.03. The fraction of sp³-hybridized carbons (Fsp3) is 0. The molecule has 0 atom stereocenters. The van der Waals surface area contributed by atoms with Gasteiger partial charge in [-0.2, -0.15) is 0 Å². The average molecular weight is 266 g/mol. The zero-order valence-corrected chi connectivity index (χ0v) is 10.4. The molecule has 2 heterocycles. The fourth-order valence-corrected chi connectivity index (χ4v) is 1.85. The molecule has 0 aliphatic heterocycles. The lowest BCUT2D eigenvalue weighted by molar-refractivity contribution is -0.384. The third kappa shape index (κ3) is 2.26. The third-order valence-corrected chi connectivity index (χ3v) is 2.87. The molecule has 0 amide bonds. The van der Waals surface area contributed by atoms with Crippen LogP contribution in [0, 0.1) is 10.1 Å². The number of rotatable bonds is 3. The van der Waals surface area contributed by atoms with Crippen LogP contribution in [0.5, 0.6) is 0 Å². The second-order valence-corrected chi connectivity index (χ2v) is 4.17. The van der Waals surface area contributed by atoms with Crippen molar-refractivity contribution >= 4 is 23.5 Å². The minimum atomic E-state index is -0.417. The van der Waals surface area contributed by atoms with Gasteiger partial charge >= 0.3 is 0 Å². The summed E-state index contributed by atoms with van der Waals surface area (Å²) in [4.78, 5) is 10.2. The molecule has 0 N–H and O–H groups in total. The monoisotopic (exact) mass is 266 g/mol. The van der Waals surface area contributed by atoms with Crippen molar-refractivity contribution < 1.29 is 4.92 Å². The van der Waals surface area contributed by atoms with Crippen LogP contribution in [0.15, 0.2) is 48.7 Å². The van der Waals surface area contributed by atoms with E-state index in [4.69, 9.17) is 0 Å². The quantitative estimate of drug-likeness (QED) is 0.539. The van der Waals surface area contributed by atoms with E-state index in [0.717, 1.165) is 11.2 Å². The molecular weight excluding hydrogens is 256 g/mol. The lowest BCUT2D eigenvalue weighted by atomic mass is 10.2. The lowest BCUT2D eigenvalue weighted by Gasteiger charge is -1.95. The van der Waals surface area contributed by atoms with Gasteiger partial charge in [-0.3, -0.25) is 14.5 Å². The first-order chi connectivity index (χ1) is 9.74. The molecule has 98 valence electrons. The van der Waals surface area contributed by atoms with Crippen LogP contribution in [0.1, 0.15) is 11.4 Å². The molecule has 0 aliphatic rings. The van der Waals surface area contributed by atoms with E-state index in [1.54, 1.807) is 12.1 Å². The standard InChI is InChI=1S/C14H10N4O2/c19-18(20)12-7-4-11(5-8-12)6-9-14-16-15-13-3-1-2-10-17(13)14/h1-10H/b9-6+. The number of aromatic nitrogens is 3. The number of nitrogens with zero attached hydrogens (tertiary/aromatic N) is 4. The number of hydrogen-bond acceptors (Lipinski definition) is 4. The Morgan fingerprint density at radius 3 is 2.60 bits per heavy atom. The van der Waals surface area contributed by atoms with Crippen molar-refractivity contribution in [3.8, 4) is 0 Å². The van der Waals surface area contributed by atoms with Crippen molar-refractivity contribution in [3.63, 3.8) is 0 Å². The Morgan fingerprint density at radius 2 is 1.85 bits per heavy atom. The van der Waals surface area contributed by atoms with Crippen molar-refractivity contribution in [2.45, 2.75) is 0 Å². The number of pyridine rings is 1. The van der Waals surface area contributed by atoms with Crippen LogP contribution in [0.3, 0.4) is 0 Å². The second kappa shape index (κ2) is 4.93. The maximum Gasteiger partial charge on any atom is 0.269 e. The smallest absolute Gasteiger partial charge is 0.269 e. The highest BCUT2D eigenvalue weighted by Crippen LogP contribution is 2.14. The molecule has 0 radical (unpaired) electrons. The van der Waals surface area contributed by atoms with E-state index in [-0.39, 0.29) is 5.69 Å². The van der Waals surface area contributed by atoms with Crippen LogP contribution in [0.2, 0.25) is 0 Å². The summed E-state index contributed by atoms with van der Waals surface area (Å²) in [5.41, 5.74) is 1.72. The summed E-state index contributed by atoms with van der Waals surface area (Å²) in [6.45, 7) is 0. The lowest BCUT2D eigenvalue weighted by Crippen LogP contribution is -1.87. The van der Waals surface area contributed by atoms with Crippen molar-refractivity contribution in [2.75, 3.05) is 0 Å². The summed E-state index contributed by atoms with van der Waals surface area (Å²) in [7, 11) is 0. The summed E-state index contributed by atoms with van der Waals surface area (Å²) >= 11 is 0. The Labute approximate surface area is 114 Å². The molecule has 6 heteroatoms. The summed E-state index contributed by atoms with van der Waals surface area (Å²) < 4.78 is 1.86. The number of nitro groups is 1. The van der Waals surface area contributed by atoms with Crippen LogP contribution in [-0.4, -0.2) is 19.5 Å². The van der Waals surface area contributed by atoms with E-state index < -0.39 is 4.92 Å². The number of nitro benzene ring substituents is 1. The number of fused-ring (bicyclic) bond motifs is 1. The van der Waals surface area contributed by atoms with Gasteiger partial charge in [0.2, 0.25) is 0 Å². The van der Waals surface area contributed by atoms with Gasteiger partial charge in [-0.05, 0) is 35.9 Å². The zero-order valence-electron chi connectivity index (χ0n) is 10.4. The van der Waals surface area contributed by atoms with Crippen LogP contribution < -0.4 is 0 Å². The van der Waals surface area contributed by atoms with Crippen molar-refractivity contribution in [3.05, 3.63) is 70.2 Å². The van der Waals surface area contributed by atoms with E-state index >= 15 is 0 Å². The van der Waals surface area contributed by atoms with Crippen molar-refractivity contribution in [2.24, 2.45) is 0 Å². The van der Waals surface area contributed by atoms with Gasteiger partial charge in [-0.25, -0.2) is 0 Å². The average Bonchev–Trinajstić information content (AvgIpc) is 2.89. The van der Waals surface area contributed by atoms with E-state index in [0.29, 0.717) is 5.82 Å². The van der Waals surface area contributed by atoms with Crippen molar-refractivity contribution in [1.29, 1.82) is 0 Å². The summed E-state index contributed by atoms with van der Waals surface area (Å²) in [5.74, 6) is 0.707. The first-order valence-electron chi connectivity index (χ1n) is 5.96. The summed E-state index contributed by atoms with van der Waals surface area (Å²) in [6.07, 6.45) is 5.54. The molecule has 0 fully saturated rings. The molecule has 0 saturated heterocycles. The second-order valence-electron chi connectivity index (χ2n) is 4.17. The molecule has 1 aromatic carbocycles. The predicted molar refractivity (Wildman–Crippen MR) is 75.0 cm³/mol. The van der Waals surface area contributed by atoms with Gasteiger partial charge in [-0.15, -0.1) is 10.2 Å². The SMILES string of the molecule is O=[N+]([O-])c1ccc(/C=C/c2nnc3ccccn23)cc1. The molecule has 3 aromatic rings. The van der Waals surface area contributed by atoms with Gasteiger partial charge in [0.15, 0.2) is 11.5 Å². The maximum atomic E-state index is 10.6. The molecule has 0 saturated carbocycles. The highest BCUT2D eigenvalue weighted by molar-refractivity contribution is 5.68. The zero-order chi connectivity index (χ0) is 13.9. The fourth-order valence-electron chi connectivity index (χ4n) is 1.85. The normalized spacial score (nSPS) is 11.2. The van der Waals surface area contributed by atoms with Crippen LogP contribution in [0.25, 0.3) is 17.8 Å². The molecule has 3 rings (SSSR count). The van der Waals surface area contributed by atoms with Crippen molar-refractivity contribution in [1.82, 2.24) is 14.6 Å². The molecule has 0 bridgehead atoms. The Balaban J connectivity index is 1.88. The number of hydrogen-bond donors (Lipinski definition) is 0. The third-order valence-electron chi connectivity index (χ3n) is 2.87. The van der Waals surface area contributed by atoms with Crippen LogP contribution >= 0.6 is 0 Å². The predicted octanol–water partition coefficient (Wildman–Crippen LogP) is 2.81.